The van der Waals surface area contributed by atoms with Crippen molar-refractivity contribution in [3.63, 3.8) is 0 Å². The highest BCUT2D eigenvalue weighted by Gasteiger charge is 2.35. The molecule has 1 aliphatic rings. The summed E-state index contributed by atoms with van der Waals surface area (Å²) in [6.07, 6.45) is 4.92. The van der Waals surface area contributed by atoms with Crippen LogP contribution in [0.15, 0.2) is 12.2 Å². The summed E-state index contributed by atoms with van der Waals surface area (Å²) in [6, 6.07) is 0.194. The Morgan fingerprint density at radius 1 is 1.57 bits per heavy atom. The van der Waals surface area contributed by atoms with Crippen molar-refractivity contribution in [3.05, 3.63) is 12.2 Å². The van der Waals surface area contributed by atoms with Crippen LogP contribution in [-0.4, -0.2) is 18.8 Å². The van der Waals surface area contributed by atoms with E-state index in [0.29, 0.717) is 6.10 Å². The summed E-state index contributed by atoms with van der Waals surface area (Å²) in [5.74, 6) is 0.732. The molecule has 0 amide bonds. The van der Waals surface area contributed by atoms with Gasteiger partial charge >= 0.3 is 0 Å². The normalized spacial score (nSPS) is 20.5. The lowest BCUT2D eigenvalue weighted by atomic mass is 10.0. The molecule has 1 fully saturated rings. The van der Waals surface area contributed by atoms with Crippen molar-refractivity contribution in [3.8, 4) is 0 Å². The average molecular weight is 197 g/mol. The molecule has 0 aromatic rings. The van der Waals surface area contributed by atoms with Crippen LogP contribution >= 0.6 is 0 Å². The minimum atomic E-state index is 0.194. The van der Waals surface area contributed by atoms with Crippen molar-refractivity contribution < 1.29 is 4.74 Å². The van der Waals surface area contributed by atoms with E-state index in [1.165, 1.54) is 18.4 Å². The third kappa shape index (κ3) is 3.81. The smallest absolute Gasteiger partial charge is 0.0753 e. The molecule has 82 valence electrons. The van der Waals surface area contributed by atoms with Crippen LogP contribution in [-0.2, 0) is 4.74 Å². The van der Waals surface area contributed by atoms with Crippen LogP contribution in [0.4, 0.5) is 0 Å². The molecule has 0 saturated heterocycles. The Morgan fingerprint density at radius 2 is 2.21 bits per heavy atom. The third-order valence-corrected chi connectivity index (χ3v) is 2.77. The molecule has 2 heteroatoms. The van der Waals surface area contributed by atoms with E-state index in [2.05, 4.69) is 13.5 Å². The van der Waals surface area contributed by atoms with Gasteiger partial charge in [-0.1, -0.05) is 5.57 Å². The van der Waals surface area contributed by atoms with Crippen LogP contribution in [0.1, 0.15) is 39.5 Å². The van der Waals surface area contributed by atoms with Crippen LogP contribution < -0.4 is 5.73 Å². The van der Waals surface area contributed by atoms with Crippen LogP contribution in [0.5, 0.6) is 0 Å². The van der Waals surface area contributed by atoms with Crippen molar-refractivity contribution in [1.82, 2.24) is 0 Å². The lowest BCUT2D eigenvalue weighted by Gasteiger charge is -2.23. The summed E-state index contributed by atoms with van der Waals surface area (Å²) in [4.78, 5) is 0. The van der Waals surface area contributed by atoms with Gasteiger partial charge in [0.15, 0.2) is 0 Å². The average Bonchev–Trinajstić information content (AvgIpc) is 2.93. The zero-order valence-electron chi connectivity index (χ0n) is 9.46. The van der Waals surface area contributed by atoms with Gasteiger partial charge in [-0.15, -0.1) is 6.58 Å². The zero-order chi connectivity index (χ0) is 10.6. The molecule has 0 aromatic heterocycles. The molecule has 0 bridgehead atoms. The molecule has 0 spiro atoms. The first-order chi connectivity index (χ1) is 6.65. The first kappa shape index (κ1) is 11.7. The molecule has 2 nitrogen and oxygen atoms in total. The lowest BCUT2D eigenvalue weighted by molar-refractivity contribution is 0.0269. The molecule has 2 unspecified atom stereocenters. The van der Waals surface area contributed by atoms with Gasteiger partial charge in [0.1, 0.15) is 0 Å². The van der Waals surface area contributed by atoms with Gasteiger partial charge in [-0.2, -0.15) is 0 Å². The third-order valence-electron chi connectivity index (χ3n) is 2.77. The predicted octanol–water partition coefficient (Wildman–Crippen LogP) is 2.49. The van der Waals surface area contributed by atoms with Crippen LogP contribution in [0.3, 0.4) is 0 Å². The van der Waals surface area contributed by atoms with E-state index in [-0.39, 0.29) is 6.04 Å². The fraction of sp³-hybridized carbons (Fsp3) is 0.833. The van der Waals surface area contributed by atoms with E-state index in [4.69, 9.17) is 10.5 Å². The molecule has 2 N–H and O–H groups in total. The summed E-state index contributed by atoms with van der Waals surface area (Å²) in [6.45, 7) is 8.77. The minimum Gasteiger partial charge on any atom is -0.377 e. The highest BCUT2D eigenvalue weighted by Crippen LogP contribution is 2.36. The molecule has 0 aliphatic heterocycles. The maximum absolute atomic E-state index is 6.13. The van der Waals surface area contributed by atoms with Crippen LogP contribution in [0.2, 0.25) is 0 Å². The fourth-order valence-electron chi connectivity index (χ4n) is 1.80. The zero-order valence-corrected chi connectivity index (χ0v) is 9.46. The topological polar surface area (TPSA) is 35.2 Å². The van der Waals surface area contributed by atoms with Gasteiger partial charge in [0.05, 0.1) is 6.10 Å². The standard InChI is InChI=1S/C12H23NO/c1-4-14-12(10-6-7-10)11(13)8-5-9(2)3/h10-12H,2,4-8,13H2,1,3H3. The summed E-state index contributed by atoms with van der Waals surface area (Å²) in [5.41, 5.74) is 7.34. The van der Waals surface area contributed by atoms with Gasteiger partial charge < -0.3 is 10.5 Å². The van der Waals surface area contributed by atoms with Crippen LogP contribution in [0.25, 0.3) is 0 Å². The van der Waals surface area contributed by atoms with Gasteiger partial charge in [0.25, 0.3) is 0 Å². The Balaban J connectivity index is 2.29. The van der Waals surface area contributed by atoms with E-state index in [1.54, 1.807) is 0 Å². The largest absolute Gasteiger partial charge is 0.377 e. The van der Waals surface area contributed by atoms with Crippen LogP contribution in [0, 0.1) is 5.92 Å². The van der Waals surface area contributed by atoms with Gasteiger partial charge in [0, 0.05) is 12.6 Å². The van der Waals surface area contributed by atoms with Crippen molar-refractivity contribution in [2.24, 2.45) is 11.7 Å². The number of hydrogen-bond donors (Lipinski definition) is 1. The Hall–Kier alpha value is -0.340. The number of ether oxygens (including phenoxy) is 1. The molecular formula is C12H23NO. The Bertz CT molecular complexity index is 187. The van der Waals surface area contributed by atoms with Crippen molar-refractivity contribution >= 4 is 0 Å². The molecule has 0 radical (unpaired) electrons. The molecule has 1 saturated carbocycles. The number of allylic oxidation sites excluding steroid dienone is 1. The molecule has 2 atom stereocenters. The quantitative estimate of drug-likeness (QED) is 0.636. The maximum Gasteiger partial charge on any atom is 0.0753 e. The molecule has 1 rings (SSSR count). The van der Waals surface area contributed by atoms with E-state index >= 15 is 0 Å². The van der Waals surface area contributed by atoms with E-state index < -0.39 is 0 Å². The molecule has 0 heterocycles. The summed E-state index contributed by atoms with van der Waals surface area (Å²) < 4.78 is 5.71. The summed E-state index contributed by atoms with van der Waals surface area (Å²) >= 11 is 0. The molecule has 0 aromatic carbocycles. The SMILES string of the molecule is C=C(C)CCC(N)C(OCC)C1CC1. The monoisotopic (exact) mass is 197 g/mol. The second-order valence-corrected chi connectivity index (χ2v) is 4.42. The number of nitrogens with two attached hydrogens (primary N) is 1. The summed E-state index contributed by atoms with van der Waals surface area (Å²) in [7, 11) is 0. The maximum atomic E-state index is 6.13. The highest BCUT2D eigenvalue weighted by atomic mass is 16.5. The van der Waals surface area contributed by atoms with E-state index in [1.807, 2.05) is 6.92 Å². The second-order valence-electron chi connectivity index (χ2n) is 4.42. The van der Waals surface area contributed by atoms with Gasteiger partial charge in [0.2, 0.25) is 0 Å². The Kier molecular flexibility index (Phi) is 4.63. The van der Waals surface area contributed by atoms with Crippen molar-refractivity contribution in [1.29, 1.82) is 0 Å². The first-order valence-corrected chi connectivity index (χ1v) is 5.66. The van der Waals surface area contributed by atoms with Gasteiger partial charge in [-0.25, -0.2) is 0 Å². The number of rotatable bonds is 7. The molecule has 1 aliphatic carbocycles. The Morgan fingerprint density at radius 3 is 2.64 bits per heavy atom. The highest BCUT2D eigenvalue weighted by molar-refractivity contribution is 4.93. The van der Waals surface area contributed by atoms with Gasteiger partial charge in [-0.3, -0.25) is 0 Å². The molecular weight excluding hydrogens is 174 g/mol. The van der Waals surface area contributed by atoms with E-state index in [0.717, 1.165) is 25.4 Å². The molecule has 14 heavy (non-hydrogen) atoms. The first-order valence-electron chi connectivity index (χ1n) is 5.66. The summed E-state index contributed by atoms with van der Waals surface area (Å²) in [5, 5.41) is 0. The van der Waals surface area contributed by atoms with Crippen molar-refractivity contribution in [2.45, 2.75) is 51.7 Å². The number of hydrogen-bond acceptors (Lipinski definition) is 2. The predicted molar refractivity (Wildman–Crippen MR) is 60.2 cm³/mol. The Labute approximate surface area is 87.5 Å². The fourth-order valence-corrected chi connectivity index (χ4v) is 1.80. The minimum absolute atomic E-state index is 0.194. The van der Waals surface area contributed by atoms with Crippen molar-refractivity contribution in [2.75, 3.05) is 6.61 Å². The second kappa shape index (κ2) is 5.52. The van der Waals surface area contributed by atoms with Gasteiger partial charge in [-0.05, 0) is 45.4 Å². The van der Waals surface area contributed by atoms with E-state index in [9.17, 15) is 0 Å². The lowest BCUT2D eigenvalue weighted by Crippen LogP contribution is -2.38.